The molecule has 2 fully saturated rings. The van der Waals surface area contributed by atoms with Gasteiger partial charge in [-0.1, -0.05) is 22.9 Å². The van der Waals surface area contributed by atoms with Gasteiger partial charge in [0.05, 0.1) is 6.04 Å². The van der Waals surface area contributed by atoms with Crippen molar-refractivity contribution >= 4 is 40.1 Å². The number of rotatable bonds is 5. The van der Waals surface area contributed by atoms with Gasteiger partial charge >= 0.3 is 12.1 Å². The van der Waals surface area contributed by atoms with Crippen LogP contribution in [-0.4, -0.2) is 57.2 Å². The average Bonchev–Trinajstić information content (AvgIpc) is 3.44. The summed E-state index contributed by atoms with van der Waals surface area (Å²) in [5.74, 6) is -0.439. The third kappa shape index (κ3) is 5.24. The van der Waals surface area contributed by atoms with E-state index in [1.165, 1.54) is 17.4 Å². The third-order valence-electron chi connectivity index (χ3n) is 5.58. The molecule has 0 bridgehead atoms. The van der Waals surface area contributed by atoms with E-state index in [4.69, 9.17) is 11.6 Å². The smallest absolute Gasteiger partial charge is 0.323 e. The summed E-state index contributed by atoms with van der Waals surface area (Å²) in [5, 5.41) is 14.0. The van der Waals surface area contributed by atoms with E-state index in [0.29, 0.717) is 28.8 Å². The summed E-state index contributed by atoms with van der Waals surface area (Å²) in [7, 11) is 0. The Kier molecular flexibility index (Phi) is 6.57. The molecular weight excluding hydrogens is 443 g/mol. The highest BCUT2D eigenvalue weighted by Crippen LogP contribution is 2.32. The second-order valence-corrected chi connectivity index (χ2v) is 9.15. The first kappa shape index (κ1) is 21.8. The monoisotopic (exact) mass is 466 g/mol. The first-order valence-corrected chi connectivity index (χ1v) is 11.5. The predicted octanol–water partition coefficient (Wildman–Crippen LogP) is 4.01. The Bertz CT molecular complexity index is 955. The molecule has 166 valence electrons. The van der Waals surface area contributed by atoms with Crippen molar-refractivity contribution in [2.24, 2.45) is 0 Å². The zero-order valence-corrected chi connectivity index (χ0v) is 18.7. The summed E-state index contributed by atoms with van der Waals surface area (Å²) in [5.41, 5.74) is 2.71. The van der Waals surface area contributed by atoms with Gasteiger partial charge in [0, 0.05) is 36.3 Å². The van der Waals surface area contributed by atoms with Crippen LogP contribution in [0, 0.1) is 12.7 Å². The van der Waals surface area contributed by atoms with Gasteiger partial charge in [0.1, 0.15) is 11.3 Å². The number of carbonyl (C=O) groups is 2. The van der Waals surface area contributed by atoms with Crippen molar-refractivity contribution < 1.29 is 14.0 Å². The zero-order chi connectivity index (χ0) is 22.0. The van der Waals surface area contributed by atoms with Gasteiger partial charge in [-0.2, -0.15) is 0 Å². The van der Waals surface area contributed by atoms with Crippen LogP contribution >= 0.6 is 22.9 Å². The minimum atomic E-state index is -0.439. The number of amides is 4. The first-order chi connectivity index (χ1) is 14.9. The van der Waals surface area contributed by atoms with Crippen LogP contribution in [0.25, 0.3) is 0 Å². The topological polar surface area (TPSA) is 90.5 Å². The van der Waals surface area contributed by atoms with Crippen LogP contribution in [-0.2, 0) is 6.54 Å². The number of aryl methyl sites for hydroxylation is 1. The Morgan fingerprint density at radius 1 is 1.32 bits per heavy atom. The second kappa shape index (κ2) is 9.35. The molecule has 4 rings (SSSR count). The van der Waals surface area contributed by atoms with Crippen LogP contribution in [0.3, 0.4) is 0 Å². The minimum Gasteiger partial charge on any atom is -0.334 e. The van der Waals surface area contributed by atoms with Crippen LogP contribution in [0.2, 0.25) is 5.02 Å². The van der Waals surface area contributed by atoms with E-state index in [1.807, 2.05) is 4.90 Å². The molecule has 2 N–H and O–H groups in total. The first-order valence-electron chi connectivity index (χ1n) is 10.2. The number of hydrogen-bond acceptors (Lipinski definition) is 5. The largest absolute Gasteiger partial charge is 0.334 e. The van der Waals surface area contributed by atoms with Gasteiger partial charge in [0.2, 0.25) is 5.13 Å². The molecule has 2 aliphatic rings. The van der Waals surface area contributed by atoms with Crippen LogP contribution in [0.15, 0.2) is 17.6 Å². The fourth-order valence-corrected chi connectivity index (χ4v) is 4.45. The number of likely N-dealkylation sites (tertiary alicyclic amines) is 1. The lowest BCUT2D eigenvalue weighted by molar-refractivity contribution is 0.119. The number of nitrogens with zero attached hydrogens (tertiary/aromatic N) is 4. The lowest BCUT2D eigenvalue weighted by Gasteiger charge is -2.39. The standard InChI is InChI=1S/C20H24ClFN6O2S/c1-12-7-13(17(22)8-16(12)21)9-23-19(29)28(14-4-5-14)15-3-2-6-27(10-15)20(30)25-18-26-24-11-31-18/h7-8,11,14-15H,2-6,9-10H2,1H3,(H,23,29)(H,25,26,30). The Hall–Kier alpha value is -2.46. The van der Waals surface area contributed by atoms with Crippen LogP contribution in [0.5, 0.6) is 0 Å². The SMILES string of the molecule is Cc1cc(CNC(=O)N(C2CC2)C2CCCN(C(=O)Nc3nncs3)C2)c(F)cc1Cl. The number of carbonyl (C=O) groups excluding carboxylic acids is 2. The predicted molar refractivity (Wildman–Crippen MR) is 117 cm³/mol. The van der Waals surface area contributed by atoms with E-state index < -0.39 is 5.82 Å². The summed E-state index contributed by atoms with van der Waals surface area (Å²) < 4.78 is 14.2. The fraction of sp³-hybridized carbons (Fsp3) is 0.500. The van der Waals surface area contributed by atoms with Gasteiger partial charge < -0.3 is 15.1 Å². The molecule has 1 saturated heterocycles. The van der Waals surface area contributed by atoms with Crippen molar-refractivity contribution in [1.29, 1.82) is 0 Å². The summed E-state index contributed by atoms with van der Waals surface area (Å²) in [6, 6.07) is 2.53. The molecule has 2 aromatic rings. The van der Waals surface area contributed by atoms with Gasteiger partial charge in [-0.25, -0.2) is 14.0 Å². The number of nitrogens with one attached hydrogen (secondary N) is 2. The van der Waals surface area contributed by atoms with E-state index in [2.05, 4.69) is 20.8 Å². The number of anilines is 1. The van der Waals surface area contributed by atoms with Crippen molar-refractivity contribution in [3.63, 3.8) is 0 Å². The number of benzene rings is 1. The summed E-state index contributed by atoms with van der Waals surface area (Å²) >= 11 is 7.21. The molecule has 1 aromatic heterocycles. The van der Waals surface area contributed by atoms with E-state index >= 15 is 0 Å². The average molecular weight is 467 g/mol. The quantitative estimate of drug-likeness (QED) is 0.696. The molecule has 1 saturated carbocycles. The molecule has 2 heterocycles. The molecule has 1 unspecified atom stereocenters. The third-order valence-corrected chi connectivity index (χ3v) is 6.60. The van der Waals surface area contributed by atoms with Crippen molar-refractivity contribution in [2.45, 2.75) is 51.2 Å². The number of piperidine rings is 1. The van der Waals surface area contributed by atoms with E-state index in [-0.39, 0.29) is 30.7 Å². The Morgan fingerprint density at radius 3 is 2.84 bits per heavy atom. The molecule has 31 heavy (non-hydrogen) atoms. The molecule has 0 spiro atoms. The van der Waals surface area contributed by atoms with Gasteiger partial charge in [-0.3, -0.25) is 5.32 Å². The number of urea groups is 2. The van der Waals surface area contributed by atoms with Gasteiger partial charge in [0.15, 0.2) is 0 Å². The number of aromatic nitrogens is 2. The van der Waals surface area contributed by atoms with Crippen LogP contribution < -0.4 is 10.6 Å². The number of halogens is 2. The fourth-order valence-electron chi connectivity index (χ4n) is 3.86. The molecule has 11 heteroatoms. The highest BCUT2D eigenvalue weighted by Gasteiger charge is 2.39. The van der Waals surface area contributed by atoms with E-state index in [0.717, 1.165) is 31.2 Å². The molecule has 8 nitrogen and oxygen atoms in total. The maximum absolute atomic E-state index is 14.2. The maximum atomic E-state index is 14.2. The van der Waals surface area contributed by atoms with Crippen molar-refractivity contribution in [2.75, 3.05) is 18.4 Å². The Labute approximate surface area is 188 Å². The molecule has 4 amide bonds. The van der Waals surface area contributed by atoms with Crippen LogP contribution in [0.4, 0.5) is 19.1 Å². The molecule has 1 aromatic carbocycles. The molecule has 0 radical (unpaired) electrons. The lowest BCUT2D eigenvalue weighted by atomic mass is 10.0. The summed E-state index contributed by atoms with van der Waals surface area (Å²) in [4.78, 5) is 29.1. The Morgan fingerprint density at radius 2 is 2.13 bits per heavy atom. The second-order valence-electron chi connectivity index (χ2n) is 7.91. The number of hydrogen-bond donors (Lipinski definition) is 2. The van der Waals surface area contributed by atoms with E-state index in [9.17, 15) is 14.0 Å². The molecule has 1 atom stereocenters. The summed E-state index contributed by atoms with van der Waals surface area (Å²) in [6.45, 7) is 2.95. The maximum Gasteiger partial charge on any atom is 0.323 e. The van der Waals surface area contributed by atoms with Crippen molar-refractivity contribution in [3.8, 4) is 0 Å². The van der Waals surface area contributed by atoms with Crippen molar-refractivity contribution in [3.05, 3.63) is 39.6 Å². The van der Waals surface area contributed by atoms with Gasteiger partial charge in [-0.15, -0.1) is 10.2 Å². The van der Waals surface area contributed by atoms with E-state index in [1.54, 1.807) is 23.4 Å². The van der Waals surface area contributed by atoms with Gasteiger partial charge in [0.25, 0.3) is 0 Å². The minimum absolute atomic E-state index is 0.0832. The molecular formula is C20H24ClFN6O2S. The Balaban J connectivity index is 1.39. The lowest BCUT2D eigenvalue weighted by Crippen LogP contribution is -2.55. The highest BCUT2D eigenvalue weighted by atomic mass is 35.5. The summed E-state index contributed by atoms with van der Waals surface area (Å²) in [6.07, 6.45) is 3.50. The molecule has 1 aliphatic carbocycles. The van der Waals surface area contributed by atoms with Gasteiger partial charge in [-0.05, 0) is 50.3 Å². The van der Waals surface area contributed by atoms with Crippen molar-refractivity contribution in [1.82, 2.24) is 25.3 Å². The van der Waals surface area contributed by atoms with Crippen LogP contribution in [0.1, 0.15) is 36.8 Å². The highest BCUT2D eigenvalue weighted by molar-refractivity contribution is 7.13. The normalized spacial score (nSPS) is 18.5. The zero-order valence-electron chi connectivity index (χ0n) is 17.1. The molecule has 1 aliphatic heterocycles.